The largest absolute Gasteiger partial charge is 0.335 e. The summed E-state index contributed by atoms with van der Waals surface area (Å²) in [6.45, 7) is 0. The molecule has 0 bridgehead atoms. The molecule has 0 amide bonds. The lowest BCUT2D eigenvalue weighted by Gasteiger charge is -2.04. The molecule has 0 saturated carbocycles. The van der Waals surface area contributed by atoms with Crippen molar-refractivity contribution in [1.29, 1.82) is 0 Å². The van der Waals surface area contributed by atoms with Gasteiger partial charge in [-0.3, -0.25) is 0 Å². The van der Waals surface area contributed by atoms with Crippen LogP contribution in [0, 0.1) is 5.82 Å². The van der Waals surface area contributed by atoms with Gasteiger partial charge in [-0.15, -0.1) is 0 Å². The fourth-order valence-corrected chi connectivity index (χ4v) is 1.15. The summed E-state index contributed by atoms with van der Waals surface area (Å²) in [5.41, 5.74) is 0.561. The lowest BCUT2D eigenvalue weighted by Crippen LogP contribution is -1.97. The van der Waals surface area contributed by atoms with Crippen molar-refractivity contribution in [3.8, 4) is 0 Å². The van der Waals surface area contributed by atoms with Crippen LogP contribution in [0.1, 0.15) is 0 Å². The first-order valence-electron chi connectivity index (χ1n) is 4.09. The third-order valence-corrected chi connectivity index (χ3v) is 1.84. The monoisotopic (exact) mass is 224 g/mol. The molecule has 0 atom stereocenters. The molecular formula is C9H6ClFN4. The maximum absolute atomic E-state index is 13.3. The van der Waals surface area contributed by atoms with Crippen molar-refractivity contribution in [2.24, 2.45) is 0 Å². The molecule has 2 aromatic rings. The first kappa shape index (κ1) is 9.79. The Bertz CT molecular complexity index is 463. The van der Waals surface area contributed by atoms with E-state index < -0.39 is 5.82 Å². The van der Waals surface area contributed by atoms with Gasteiger partial charge in [-0.25, -0.2) is 19.3 Å². The van der Waals surface area contributed by atoms with Crippen LogP contribution in [0.15, 0.2) is 31.0 Å². The molecule has 2 heterocycles. The van der Waals surface area contributed by atoms with Crippen molar-refractivity contribution in [3.63, 3.8) is 0 Å². The van der Waals surface area contributed by atoms with Crippen molar-refractivity contribution < 1.29 is 4.39 Å². The van der Waals surface area contributed by atoms with Gasteiger partial charge in [0.2, 0.25) is 0 Å². The summed E-state index contributed by atoms with van der Waals surface area (Å²) in [5.74, 6) is -0.430. The maximum Gasteiger partial charge on any atom is 0.167 e. The second kappa shape index (κ2) is 4.18. The van der Waals surface area contributed by atoms with Crippen molar-refractivity contribution in [1.82, 2.24) is 15.0 Å². The Kier molecular flexibility index (Phi) is 2.73. The summed E-state index contributed by atoms with van der Waals surface area (Å²) in [6.07, 6.45) is 5.78. The fourth-order valence-electron chi connectivity index (χ4n) is 1.01. The van der Waals surface area contributed by atoms with Gasteiger partial charge in [0.15, 0.2) is 11.6 Å². The van der Waals surface area contributed by atoms with Crippen molar-refractivity contribution in [3.05, 3.63) is 41.8 Å². The van der Waals surface area contributed by atoms with Crippen molar-refractivity contribution >= 4 is 23.1 Å². The third kappa shape index (κ3) is 2.38. The van der Waals surface area contributed by atoms with Gasteiger partial charge < -0.3 is 5.32 Å². The van der Waals surface area contributed by atoms with Crippen LogP contribution in [-0.2, 0) is 0 Å². The molecule has 0 unspecified atom stereocenters. The SMILES string of the molecule is Fc1cc(Cl)cnc1Nc1cncnc1. The number of aromatic nitrogens is 3. The zero-order chi connectivity index (χ0) is 10.7. The highest BCUT2D eigenvalue weighted by Gasteiger charge is 2.04. The normalized spacial score (nSPS) is 10.0. The molecule has 0 aliphatic heterocycles. The van der Waals surface area contributed by atoms with E-state index in [0.29, 0.717) is 5.69 Å². The molecule has 0 spiro atoms. The number of halogens is 2. The number of pyridine rings is 1. The number of hydrogen-bond acceptors (Lipinski definition) is 4. The van der Waals surface area contributed by atoms with E-state index in [1.807, 2.05) is 0 Å². The molecule has 0 saturated heterocycles. The van der Waals surface area contributed by atoms with Gasteiger partial charge in [0.25, 0.3) is 0 Å². The molecule has 15 heavy (non-hydrogen) atoms. The molecule has 0 radical (unpaired) electrons. The first-order valence-corrected chi connectivity index (χ1v) is 4.46. The lowest BCUT2D eigenvalue weighted by atomic mass is 10.4. The highest BCUT2D eigenvalue weighted by molar-refractivity contribution is 6.30. The predicted octanol–water partition coefficient (Wildman–Crippen LogP) is 2.41. The third-order valence-electron chi connectivity index (χ3n) is 1.63. The quantitative estimate of drug-likeness (QED) is 0.851. The van der Waals surface area contributed by atoms with E-state index in [2.05, 4.69) is 20.3 Å². The minimum Gasteiger partial charge on any atom is -0.335 e. The first-order chi connectivity index (χ1) is 7.25. The second-order valence-corrected chi connectivity index (χ2v) is 3.17. The molecule has 2 rings (SSSR count). The lowest BCUT2D eigenvalue weighted by molar-refractivity contribution is 0.626. The van der Waals surface area contributed by atoms with Crippen LogP contribution in [0.2, 0.25) is 5.02 Å². The van der Waals surface area contributed by atoms with E-state index in [9.17, 15) is 4.39 Å². The zero-order valence-electron chi connectivity index (χ0n) is 7.48. The Hall–Kier alpha value is -1.75. The minimum atomic E-state index is -0.522. The molecule has 0 aliphatic rings. The molecule has 76 valence electrons. The Morgan fingerprint density at radius 3 is 2.60 bits per heavy atom. The average Bonchev–Trinajstić information content (AvgIpc) is 2.24. The highest BCUT2D eigenvalue weighted by atomic mass is 35.5. The summed E-state index contributed by atoms with van der Waals surface area (Å²) in [5, 5.41) is 2.98. The number of nitrogens with zero attached hydrogens (tertiary/aromatic N) is 3. The Morgan fingerprint density at radius 1 is 1.20 bits per heavy atom. The zero-order valence-corrected chi connectivity index (χ0v) is 8.24. The van der Waals surface area contributed by atoms with Gasteiger partial charge in [0.05, 0.1) is 23.1 Å². The Morgan fingerprint density at radius 2 is 1.93 bits per heavy atom. The van der Waals surface area contributed by atoms with Crippen LogP contribution in [-0.4, -0.2) is 15.0 Å². The van der Waals surface area contributed by atoms with Crippen LogP contribution < -0.4 is 5.32 Å². The summed E-state index contributed by atoms with van der Waals surface area (Å²) in [4.78, 5) is 11.4. The van der Waals surface area contributed by atoms with Crippen molar-refractivity contribution in [2.45, 2.75) is 0 Å². The molecule has 4 nitrogen and oxygen atoms in total. The van der Waals surface area contributed by atoms with Crippen LogP contribution in [0.4, 0.5) is 15.9 Å². The van der Waals surface area contributed by atoms with Crippen molar-refractivity contribution in [2.75, 3.05) is 5.32 Å². The van der Waals surface area contributed by atoms with Crippen LogP contribution in [0.3, 0.4) is 0 Å². The predicted molar refractivity (Wildman–Crippen MR) is 54.5 cm³/mol. The summed E-state index contributed by atoms with van der Waals surface area (Å²) in [7, 11) is 0. The minimum absolute atomic E-state index is 0.0919. The highest BCUT2D eigenvalue weighted by Crippen LogP contribution is 2.18. The summed E-state index contributed by atoms with van der Waals surface area (Å²) < 4.78 is 13.3. The molecule has 0 fully saturated rings. The van der Waals surface area contributed by atoms with Gasteiger partial charge in [-0.05, 0) is 6.07 Å². The number of hydrogen-bond donors (Lipinski definition) is 1. The molecule has 6 heteroatoms. The van der Waals surface area contributed by atoms with E-state index in [0.717, 1.165) is 0 Å². The second-order valence-electron chi connectivity index (χ2n) is 2.74. The van der Waals surface area contributed by atoms with E-state index in [1.54, 1.807) is 0 Å². The Balaban J connectivity index is 2.25. The van der Waals surface area contributed by atoms with Gasteiger partial charge in [0.1, 0.15) is 6.33 Å². The van der Waals surface area contributed by atoms with Crippen LogP contribution >= 0.6 is 11.6 Å². The van der Waals surface area contributed by atoms with Gasteiger partial charge in [-0.1, -0.05) is 11.6 Å². The topological polar surface area (TPSA) is 50.7 Å². The smallest absolute Gasteiger partial charge is 0.167 e. The van der Waals surface area contributed by atoms with E-state index in [-0.39, 0.29) is 10.8 Å². The van der Waals surface area contributed by atoms with E-state index >= 15 is 0 Å². The molecular weight excluding hydrogens is 219 g/mol. The molecule has 2 aromatic heterocycles. The number of anilines is 2. The van der Waals surface area contributed by atoms with Crippen LogP contribution in [0.5, 0.6) is 0 Å². The summed E-state index contributed by atoms with van der Waals surface area (Å²) in [6, 6.07) is 1.18. The average molecular weight is 225 g/mol. The summed E-state index contributed by atoms with van der Waals surface area (Å²) >= 11 is 5.56. The number of nitrogens with one attached hydrogen (secondary N) is 1. The molecule has 0 aliphatic carbocycles. The van der Waals surface area contributed by atoms with Gasteiger partial charge >= 0.3 is 0 Å². The van der Waals surface area contributed by atoms with E-state index in [1.165, 1.54) is 31.0 Å². The van der Waals surface area contributed by atoms with Gasteiger partial charge in [-0.2, -0.15) is 0 Å². The van der Waals surface area contributed by atoms with Crippen LogP contribution in [0.25, 0.3) is 0 Å². The van der Waals surface area contributed by atoms with Gasteiger partial charge in [0, 0.05) is 6.20 Å². The maximum atomic E-state index is 13.3. The number of rotatable bonds is 2. The fraction of sp³-hybridized carbons (Fsp3) is 0. The molecule has 1 N–H and O–H groups in total. The Labute approximate surface area is 90.2 Å². The van der Waals surface area contributed by atoms with E-state index in [4.69, 9.17) is 11.6 Å². The standard InChI is InChI=1S/C9H6ClFN4/c10-6-1-8(11)9(14-2-6)15-7-3-12-5-13-4-7/h1-5H,(H,14,15). The molecule has 0 aromatic carbocycles.